The molecule has 0 saturated heterocycles. The van der Waals surface area contributed by atoms with Gasteiger partial charge in [0.05, 0.1) is 0 Å². The van der Waals surface area contributed by atoms with Crippen LogP contribution in [-0.2, 0) is 5.41 Å². The van der Waals surface area contributed by atoms with E-state index in [1.54, 1.807) is 3.57 Å². The smallest absolute Gasteiger partial charge is 0.135 e. The third kappa shape index (κ3) is 4.25. The summed E-state index contributed by atoms with van der Waals surface area (Å²) in [5.74, 6) is 0. The topological polar surface area (TPSA) is 4.93 Å². The molecule has 256 valence electrons. The average molecular weight is 819 g/mol. The van der Waals surface area contributed by atoms with E-state index in [1.165, 1.54) is 107 Å². The van der Waals surface area contributed by atoms with Crippen LogP contribution in [0.4, 0.5) is 0 Å². The van der Waals surface area contributed by atoms with Gasteiger partial charge in [-0.2, -0.15) is 0 Å². The molecule has 0 radical (unpaired) electrons. The summed E-state index contributed by atoms with van der Waals surface area (Å²) >= 11 is 1.66. The van der Waals surface area contributed by atoms with Gasteiger partial charge in [0.25, 0.3) is 0 Å². The minimum Gasteiger partial charge on any atom is -0.135 e. The zero-order valence-electron chi connectivity index (χ0n) is 29.8. The third-order valence-electron chi connectivity index (χ3n) is 11.9. The van der Waals surface area contributed by atoms with Crippen molar-refractivity contribution in [1.82, 2.24) is 4.57 Å². The molecule has 1 aliphatic heterocycles. The molecule has 0 spiro atoms. The first-order chi connectivity index (χ1) is 26.5. The Labute approximate surface area is 328 Å². The number of halogens is 1. The van der Waals surface area contributed by atoms with Gasteiger partial charge in [0.1, 0.15) is 0 Å². The van der Waals surface area contributed by atoms with Crippen molar-refractivity contribution in [3.63, 3.8) is 0 Å². The van der Waals surface area contributed by atoms with E-state index >= 15 is 0 Å². The van der Waals surface area contributed by atoms with Crippen LogP contribution in [0.3, 0.4) is 0 Å². The van der Waals surface area contributed by atoms with Gasteiger partial charge in [-0.25, -0.2) is 0 Å². The minimum atomic E-state index is -0.247. The molecule has 0 bridgehead atoms. The minimum absolute atomic E-state index is 0.148. The molecule has 54 heavy (non-hydrogen) atoms. The van der Waals surface area contributed by atoms with Gasteiger partial charge in [-0.3, -0.25) is 0 Å². The number of thiophene rings is 1. The van der Waals surface area contributed by atoms with Crippen LogP contribution in [0.5, 0.6) is 0 Å². The van der Waals surface area contributed by atoms with Crippen LogP contribution in [-0.4, -0.2) is 4.57 Å². The molecule has 12 rings (SSSR count). The van der Waals surface area contributed by atoms with Crippen molar-refractivity contribution in [2.75, 3.05) is 0 Å². The Bertz CT molecular complexity index is 3220. The van der Waals surface area contributed by atoms with E-state index in [4.69, 9.17) is 0 Å². The fourth-order valence-electron chi connectivity index (χ4n) is 9.46. The summed E-state index contributed by atoms with van der Waals surface area (Å²) in [6.07, 6.45) is 0. The molecule has 8 aromatic carbocycles. The summed E-state index contributed by atoms with van der Waals surface area (Å²) < 4.78 is 8.31. The first-order valence-electron chi connectivity index (χ1n) is 18.6. The van der Waals surface area contributed by atoms with Crippen LogP contribution < -0.4 is 21.2 Å². The second-order valence-electron chi connectivity index (χ2n) is 15.2. The predicted molar refractivity (Wildman–Crippen MR) is 225 cm³/mol. The van der Waals surface area contributed by atoms with Crippen LogP contribution in [0.15, 0.2) is 164 Å². The number of aromatic nitrogens is 1. The molecular weight excluding hydrogens is 786 g/mol. The third-order valence-corrected chi connectivity index (χ3v) is 16.3. The summed E-state index contributed by atoms with van der Waals surface area (Å²) in [7, 11) is 0. The van der Waals surface area contributed by atoms with Gasteiger partial charge in [0.15, 0.2) is 0 Å². The summed E-state index contributed by atoms with van der Waals surface area (Å²) in [6, 6.07) is 61.8. The predicted octanol–water partition coefficient (Wildman–Crippen LogP) is 10.9. The van der Waals surface area contributed by atoms with Crippen molar-refractivity contribution in [2.24, 2.45) is 0 Å². The summed E-state index contributed by atoms with van der Waals surface area (Å²) in [6.45, 7) is 4.85. The van der Waals surface area contributed by atoms with Crippen LogP contribution in [0.2, 0.25) is 0 Å². The van der Waals surface area contributed by atoms with Crippen molar-refractivity contribution < 1.29 is 21.2 Å². The number of hydrogen-bond donors (Lipinski definition) is 0. The van der Waals surface area contributed by atoms with Crippen molar-refractivity contribution in [3.8, 4) is 50.2 Å². The maximum absolute atomic E-state index is 2.51. The van der Waals surface area contributed by atoms with Crippen molar-refractivity contribution in [3.05, 3.63) is 182 Å². The fraction of sp³-hybridized carbons (Fsp3) is 0.0588. The number of fused-ring (bicyclic) bond motifs is 13. The molecular formula is C51H33INS-. The SMILES string of the molecule is CC1(C)c2cc(-n3c4ccc(-c5ccccc5)cc4c4cc(-c5cccc6c5[I-]c5ccccc5-6)ccc43)ccc2-c2ccc3sc4ccccc4c3c21. The standard InChI is InChI=1S/C51H33INS/c1-51(2)42-29-33(21-22-35(42)37-23-26-47-48(49(37)51)39-14-7-9-18-46(39)54-47)53-44-24-19-31(30-11-4-3-5-12-30)27-40(44)41-28-32(20-25-45(41)53)34-15-10-16-38-36-13-6-8-17-43(36)52-50(34)38/h3-29H,1-2H3/q-1. The Hall–Kier alpha value is -5.49. The van der Waals surface area contributed by atoms with E-state index in [0.717, 1.165) is 0 Å². The normalized spacial score (nSPS) is 14.0. The molecule has 0 N–H and O–H groups in total. The van der Waals surface area contributed by atoms with E-state index < -0.39 is 0 Å². The van der Waals surface area contributed by atoms with Crippen LogP contribution >= 0.6 is 11.3 Å². The summed E-state index contributed by atoms with van der Waals surface area (Å²) in [5, 5.41) is 5.37. The van der Waals surface area contributed by atoms with Crippen LogP contribution in [0, 0.1) is 7.14 Å². The Kier molecular flexibility index (Phi) is 6.45. The van der Waals surface area contributed by atoms with E-state index in [9.17, 15) is 0 Å². The van der Waals surface area contributed by atoms with Crippen LogP contribution in [0.1, 0.15) is 25.0 Å². The quantitative estimate of drug-likeness (QED) is 0.157. The number of rotatable bonds is 3. The zero-order valence-corrected chi connectivity index (χ0v) is 32.8. The first kappa shape index (κ1) is 30.9. The molecule has 0 unspecified atom stereocenters. The molecule has 1 aliphatic carbocycles. The molecule has 10 aromatic rings. The average Bonchev–Trinajstić information content (AvgIpc) is 3.94. The molecule has 0 amide bonds. The van der Waals surface area contributed by atoms with Crippen molar-refractivity contribution >= 4 is 53.3 Å². The summed E-state index contributed by atoms with van der Waals surface area (Å²) in [4.78, 5) is 0. The van der Waals surface area contributed by atoms with Crippen molar-refractivity contribution in [1.29, 1.82) is 0 Å². The first-order valence-corrected chi connectivity index (χ1v) is 21.6. The van der Waals surface area contributed by atoms with Gasteiger partial charge in [0, 0.05) is 20.2 Å². The van der Waals surface area contributed by atoms with Gasteiger partial charge in [-0.15, -0.1) is 11.3 Å². The molecule has 1 nitrogen and oxygen atoms in total. The molecule has 2 aromatic heterocycles. The number of nitrogens with zero attached hydrogens (tertiary/aromatic N) is 1. The van der Waals surface area contributed by atoms with Gasteiger partial charge >= 0.3 is 263 Å². The Morgan fingerprint density at radius 2 is 1.19 bits per heavy atom. The zero-order chi connectivity index (χ0) is 35.7. The summed E-state index contributed by atoms with van der Waals surface area (Å²) in [5.41, 5.74) is 17.1. The molecule has 0 atom stereocenters. The van der Waals surface area contributed by atoms with E-state index in [2.05, 4.69) is 182 Å². The Balaban J connectivity index is 1.07. The van der Waals surface area contributed by atoms with E-state index in [-0.39, 0.29) is 26.6 Å². The number of hydrogen-bond acceptors (Lipinski definition) is 1. The van der Waals surface area contributed by atoms with Crippen molar-refractivity contribution in [2.45, 2.75) is 19.3 Å². The molecule has 3 heteroatoms. The van der Waals surface area contributed by atoms with Gasteiger partial charge in [-0.1, -0.05) is 24.3 Å². The van der Waals surface area contributed by atoms with E-state index in [0.29, 0.717) is 0 Å². The van der Waals surface area contributed by atoms with E-state index in [1.807, 2.05) is 11.3 Å². The van der Waals surface area contributed by atoms with Gasteiger partial charge in [-0.05, 0) is 12.1 Å². The van der Waals surface area contributed by atoms with Crippen LogP contribution in [0.25, 0.3) is 92.2 Å². The van der Waals surface area contributed by atoms with Gasteiger partial charge in [0.2, 0.25) is 0 Å². The molecule has 3 heterocycles. The maximum atomic E-state index is 2.51. The molecule has 0 saturated carbocycles. The fourth-order valence-corrected chi connectivity index (χ4v) is 13.8. The van der Waals surface area contributed by atoms with Gasteiger partial charge < -0.3 is 0 Å². The molecule has 0 fully saturated rings. The number of benzene rings is 8. The second-order valence-corrected chi connectivity index (χ2v) is 19.1. The Morgan fingerprint density at radius 3 is 2.06 bits per heavy atom. The molecule has 2 aliphatic rings. The monoisotopic (exact) mass is 818 g/mol. The Morgan fingerprint density at radius 1 is 0.481 bits per heavy atom. The second kappa shape index (κ2) is 11.3.